The lowest BCUT2D eigenvalue weighted by atomic mass is 9.70. The molecule has 1 atom stereocenters. The van der Waals surface area contributed by atoms with E-state index in [0.717, 1.165) is 50.6 Å². The Bertz CT molecular complexity index is 717. The number of carbonyl (C=O) groups excluding carboxylic acids is 1. The van der Waals surface area contributed by atoms with Crippen LogP contribution in [0.5, 0.6) is 0 Å². The van der Waals surface area contributed by atoms with Gasteiger partial charge in [-0.05, 0) is 42.2 Å². The molecule has 1 heterocycles. The van der Waals surface area contributed by atoms with Crippen LogP contribution in [0.2, 0.25) is 0 Å². The summed E-state index contributed by atoms with van der Waals surface area (Å²) in [5.41, 5.74) is 6.41. The highest BCUT2D eigenvalue weighted by molar-refractivity contribution is 6.08. The second-order valence-electron chi connectivity index (χ2n) is 9.75. The lowest BCUT2D eigenvalue weighted by Gasteiger charge is -2.45. The first kappa shape index (κ1) is 23.7. The molecule has 1 aliphatic heterocycles. The van der Waals surface area contributed by atoms with Crippen molar-refractivity contribution in [3.05, 3.63) is 40.5 Å². The molecule has 0 N–H and O–H groups in total. The Kier molecular flexibility index (Phi) is 8.14. The number of anilines is 1. The number of amides is 1. The molecular formula is C27H43NO. The third-order valence-corrected chi connectivity index (χ3v) is 6.52. The lowest BCUT2D eigenvalue weighted by Crippen LogP contribution is -2.48. The van der Waals surface area contributed by atoms with E-state index in [1.165, 1.54) is 22.4 Å². The molecule has 0 fully saturated rings. The van der Waals surface area contributed by atoms with Crippen molar-refractivity contribution in [3.8, 4) is 0 Å². The zero-order valence-electron chi connectivity index (χ0n) is 20.2. The van der Waals surface area contributed by atoms with Crippen LogP contribution >= 0.6 is 0 Å². The molecule has 0 aliphatic carbocycles. The summed E-state index contributed by atoms with van der Waals surface area (Å²) < 4.78 is 0. The van der Waals surface area contributed by atoms with Crippen molar-refractivity contribution in [3.63, 3.8) is 0 Å². The molecule has 162 valence electrons. The van der Waals surface area contributed by atoms with E-state index in [1.807, 2.05) is 0 Å². The molecule has 0 saturated heterocycles. The second-order valence-corrected chi connectivity index (χ2v) is 9.75. The molecule has 1 aliphatic rings. The average Bonchev–Trinajstić information content (AvgIpc) is 2.67. The maximum absolute atomic E-state index is 13.9. The van der Waals surface area contributed by atoms with Gasteiger partial charge in [-0.2, -0.15) is 0 Å². The SMILES string of the molecule is CCCC1=C(CCC)C(C)(CCC)CN(c2c(C(C)C)cccc2C(C)C)C1=O. The van der Waals surface area contributed by atoms with Gasteiger partial charge in [-0.3, -0.25) is 4.79 Å². The summed E-state index contributed by atoms with van der Waals surface area (Å²) in [5, 5.41) is 0. The van der Waals surface area contributed by atoms with Crippen molar-refractivity contribution in [1.29, 1.82) is 0 Å². The van der Waals surface area contributed by atoms with Gasteiger partial charge in [-0.1, -0.05) is 98.4 Å². The summed E-state index contributed by atoms with van der Waals surface area (Å²) >= 11 is 0. The smallest absolute Gasteiger partial charge is 0.254 e. The van der Waals surface area contributed by atoms with Crippen LogP contribution in [0.15, 0.2) is 29.3 Å². The molecule has 1 aromatic rings. The number of hydrogen-bond acceptors (Lipinski definition) is 1. The summed E-state index contributed by atoms with van der Waals surface area (Å²) in [4.78, 5) is 16.1. The van der Waals surface area contributed by atoms with Crippen LogP contribution in [0.3, 0.4) is 0 Å². The van der Waals surface area contributed by atoms with Crippen LogP contribution in [0, 0.1) is 5.41 Å². The number of nitrogens with zero attached hydrogens (tertiary/aromatic N) is 1. The Morgan fingerprint density at radius 2 is 1.48 bits per heavy atom. The number of hydrogen-bond donors (Lipinski definition) is 0. The third-order valence-electron chi connectivity index (χ3n) is 6.52. The van der Waals surface area contributed by atoms with E-state index in [1.54, 1.807) is 0 Å². The maximum Gasteiger partial charge on any atom is 0.254 e. The fourth-order valence-corrected chi connectivity index (χ4v) is 5.17. The lowest BCUT2D eigenvalue weighted by molar-refractivity contribution is -0.116. The molecule has 0 bridgehead atoms. The highest BCUT2D eigenvalue weighted by Gasteiger charge is 2.42. The normalized spacial score (nSPS) is 20.3. The topological polar surface area (TPSA) is 20.3 Å². The monoisotopic (exact) mass is 397 g/mol. The third kappa shape index (κ3) is 4.78. The largest absolute Gasteiger partial charge is 0.307 e. The molecule has 1 aromatic carbocycles. The minimum absolute atomic E-state index is 0.0709. The van der Waals surface area contributed by atoms with Gasteiger partial charge < -0.3 is 4.90 Å². The van der Waals surface area contributed by atoms with E-state index in [2.05, 4.69) is 78.5 Å². The van der Waals surface area contributed by atoms with Crippen molar-refractivity contribution in [2.24, 2.45) is 5.41 Å². The standard InChI is InChI=1S/C27H43NO/c1-9-13-23-24(14-10-2)27(8,17-11-3)18-28(26(23)29)25-21(19(4)5)15-12-16-22(25)20(6)7/h12,15-16,19-20H,9-11,13-14,17-18H2,1-8H3. The van der Waals surface area contributed by atoms with Gasteiger partial charge in [0.1, 0.15) is 0 Å². The van der Waals surface area contributed by atoms with Crippen LogP contribution in [0.4, 0.5) is 5.69 Å². The molecule has 1 unspecified atom stereocenters. The van der Waals surface area contributed by atoms with E-state index < -0.39 is 0 Å². The van der Waals surface area contributed by atoms with E-state index in [4.69, 9.17) is 0 Å². The molecule has 0 radical (unpaired) electrons. The van der Waals surface area contributed by atoms with Gasteiger partial charge >= 0.3 is 0 Å². The Hall–Kier alpha value is -1.57. The highest BCUT2D eigenvalue weighted by Crippen LogP contribution is 2.46. The van der Waals surface area contributed by atoms with E-state index in [9.17, 15) is 4.79 Å². The molecule has 2 nitrogen and oxygen atoms in total. The Morgan fingerprint density at radius 3 is 1.93 bits per heavy atom. The van der Waals surface area contributed by atoms with Crippen molar-refractivity contribution < 1.29 is 4.79 Å². The predicted molar refractivity (Wildman–Crippen MR) is 127 cm³/mol. The summed E-state index contributed by atoms with van der Waals surface area (Å²) in [6.45, 7) is 18.9. The quantitative estimate of drug-likeness (QED) is 0.413. The van der Waals surface area contributed by atoms with E-state index in [-0.39, 0.29) is 11.3 Å². The van der Waals surface area contributed by atoms with Crippen LogP contribution in [0.1, 0.15) is 117 Å². The molecule has 29 heavy (non-hydrogen) atoms. The first-order chi connectivity index (χ1) is 13.7. The summed E-state index contributed by atoms with van der Waals surface area (Å²) in [7, 11) is 0. The minimum atomic E-state index is 0.0709. The number of carbonyl (C=O) groups is 1. The van der Waals surface area contributed by atoms with Gasteiger partial charge in [0.2, 0.25) is 0 Å². The van der Waals surface area contributed by atoms with Gasteiger partial charge in [0.05, 0.1) is 5.69 Å². The molecular weight excluding hydrogens is 354 g/mol. The Morgan fingerprint density at radius 1 is 0.931 bits per heavy atom. The Labute approximate surface area is 179 Å². The summed E-state index contributed by atoms with van der Waals surface area (Å²) in [6, 6.07) is 6.61. The molecule has 0 aromatic heterocycles. The van der Waals surface area contributed by atoms with Crippen LogP contribution in [0.25, 0.3) is 0 Å². The predicted octanol–water partition coefficient (Wildman–Crippen LogP) is 7.98. The van der Waals surface area contributed by atoms with Crippen molar-refractivity contribution in [1.82, 2.24) is 0 Å². The van der Waals surface area contributed by atoms with Crippen molar-refractivity contribution in [2.75, 3.05) is 11.4 Å². The van der Waals surface area contributed by atoms with Gasteiger partial charge in [-0.25, -0.2) is 0 Å². The number of para-hydroxylation sites is 1. The minimum Gasteiger partial charge on any atom is -0.307 e. The fraction of sp³-hybridized carbons (Fsp3) is 0.667. The zero-order chi connectivity index (χ0) is 21.8. The van der Waals surface area contributed by atoms with E-state index >= 15 is 0 Å². The van der Waals surface area contributed by atoms with Gasteiger partial charge in [0.15, 0.2) is 0 Å². The van der Waals surface area contributed by atoms with Crippen LogP contribution in [-0.4, -0.2) is 12.5 Å². The van der Waals surface area contributed by atoms with Crippen LogP contribution in [-0.2, 0) is 4.79 Å². The van der Waals surface area contributed by atoms with Crippen LogP contribution < -0.4 is 4.90 Å². The average molecular weight is 398 g/mol. The molecule has 2 rings (SSSR count). The van der Waals surface area contributed by atoms with Crippen molar-refractivity contribution in [2.45, 2.75) is 106 Å². The highest BCUT2D eigenvalue weighted by atomic mass is 16.2. The van der Waals surface area contributed by atoms with Crippen molar-refractivity contribution >= 4 is 11.6 Å². The van der Waals surface area contributed by atoms with Gasteiger partial charge in [-0.15, -0.1) is 0 Å². The summed E-state index contributed by atoms with van der Waals surface area (Å²) in [6.07, 6.45) is 6.36. The number of benzene rings is 1. The van der Waals surface area contributed by atoms with Gasteiger partial charge in [0, 0.05) is 17.5 Å². The van der Waals surface area contributed by atoms with Gasteiger partial charge in [0.25, 0.3) is 5.91 Å². The molecule has 0 saturated carbocycles. The first-order valence-electron chi connectivity index (χ1n) is 11.9. The molecule has 2 heteroatoms. The first-order valence-corrected chi connectivity index (χ1v) is 11.9. The number of rotatable bonds is 9. The fourth-order valence-electron chi connectivity index (χ4n) is 5.17. The Balaban J connectivity index is 2.74. The zero-order valence-corrected chi connectivity index (χ0v) is 20.2. The molecule has 0 spiro atoms. The molecule has 1 amide bonds. The van der Waals surface area contributed by atoms with E-state index in [0.29, 0.717) is 11.8 Å². The maximum atomic E-state index is 13.9. The second kappa shape index (κ2) is 9.96. The summed E-state index contributed by atoms with van der Waals surface area (Å²) in [5.74, 6) is 1.05.